The monoisotopic (exact) mass is 438 g/mol. The molecule has 4 heteroatoms. The Balaban J connectivity index is 0.000001000. The largest absolute Gasteiger partial charge is 1.00 e. The molecule has 0 unspecified atom stereocenters. The van der Waals surface area contributed by atoms with Crippen LogP contribution >= 0.6 is 0 Å². The summed E-state index contributed by atoms with van der Waals surface area (Å²) in [5, 5.41) is 0. The summed E-state index contributed by atoms with van der Waals surface area (Å²) in [6, 6.07) is 9.61. The van der Waals surface area contributed by atoms with Gasteiger partial charge in [-0.15, -0.1) is 0 Å². The van der Waals surface area contributed by atoms with Crippen LogP contribution < -0.4 is 34.0 Å². The van der Waals surface area contributed by atoms with Gasteiger partial charge < -0.3 is 34.0 Å². The summed E-state index contributed by atoms with van der Waals surface area (Å²) >= 11 is 0. The molecule has 2 saturated heterocycles. The Morgan fingerprint density at radius 1 is 0.600 bits per heavy atom. The Kier molecular flexibility index (Phi) is 9.28. The first-order valence-corrected chi connectivity index (χ1v) is 10.7. The van der Waals surface area contributed by atoms with E-state index in [1.807, 2.05) is 0 Å². The highest BCUT2D eigenvalue weighted by Gasteiger charge is 2.25. The predicted molar refractivity (Wildman–Crippen MR) is 86.5 cm³/mol. The summed E-state index contributed by atoms with van der Waals surface area (Å²) in [7, 11) is 1.43. The fourth-order valence-corrected chi connectivity index (χ4v) is 7.68. The molecule has 0 atom stereocenters. The zero-order chi connectivity index (χ0) is 12.2. The van der Waals surface area contributed by atoms with E-state index in [0.717, 1.165) is 0 Å². The third-order valence-electron chi connectivity index (χ3n) is 4.00. The van der Waals surface area contributed by atoms with Crippen LogP contribution in [0.2, 0.25) is 0 Å². The molecule has 0 N–H and O–H groups in total. The van der Waals surface area contributed by atoms with Crippen LogP contribution in [0.3, 0.4) is 0 Å². The lowest BCUT2D eigenvalue weighted by molar-refractivity contribution is -0.00100. The van der Waals surface area contributed by atoms with Crippen molar-refractivity contribution in [2.45, 2.75) is 37.2 Å². The van der Waals surface area contributed by atoms with E-state index in [1.165, 1.54) is 60.2 Å². The van der Waals surface area contributed by atoms with Crippen molar-refractivity contribution in [1.29, 1.82) is 0 Å². The standard InChI is InChI=1S/C16H24S2.2BrH/c1-2-10-17(9-1)13-15-5-7-16(8-6-15)14-18-11-3-4-12-18;;/h5-8H,1-4,9-14H2;2*1H/q+2;;/p-2. The van der Waals surface area contributed by atoms with Crippen molar-refractivity contribution in [3.63, 3.8) is 0 Å². The molecular weight excluding hydrogens is 416 g/mol. The summed E-state index contributed by atoms with van der Waals surface area (Å²) in [4.78, 5) is 0. The van der Waals surface area contributed by atoms with Crippen molar-refractivity contribution in [2.75, 3.05) is 23.0 Å². The van der Waals surface area contributed by atoms with Gasteiger partial charge in [0, 0.05) is 11.1 Å². The first-order valence-electron chi connectivity index (χ1n) is 7.26. The first kappa shape index (κ1) is 18.9. The molecule has 2 heterocycles. The maximum Gasteiger partial charge on any atom is 0.133 e. The van der Waals surface area contributed by atoms with E-state index in [1.54, 1.807) is 11.1 Å². The van der Waals surface area contributed by atoms with Crippen LogP contribution in [0.25, 0.3) is 0 Å². The van der Waals surface area contributed by atoms with E-state index in [2.05, 4.69) is 24.3 Å². The minimum Gasteiger partial charge on any atom is -1.00 e. The lowest BCUT2D eigenvalue weighted by Crippen LogP contribution is -3.00. The van der Waals surface area contributed by atoms with Crippen molar-refractivity contribution >= 4 is 21.8 Å². The zero-order valence-corrected chi connectivity index (χ0v) is 16.8. The maximum atomic E-state index is 2.40. The van der Waals surface area contributed by atoms with Crippen molar-refractivity contribution in [1.82, 2.24) is 0 Å². The quantitative estimate of drug-likeness (QED) is 0.455. The second-order valence-corrected chi connectivity index (χ2v) is 10.2. The van der Waals surface area contributed by atoms with Crippen molar-refractivity contribution < 1.29 is 34.0 Å². The molecule has 0 saturated carbocycles. The van der Waals surface area contributed by atoms with E-state index < -0.39 is 0 Å². The van der Waals surface area contributed by atoms with Crippen LogP contribution in [0.5, 0.6) is 0 Å². The number of rotatable bonds is 4. The molecule has 0 bridgehead atoms. The molecule has 2 fully saturated rings. The molecule has 0 radical (unpaired) electrons. The fraction of sp³-hybridized carbons (Fsp3) is 0.625. The van der Waals surface area contributed by atoms with Gasteiger partial charge in [0.1, 0.15) is 34.5 Å². The molecule has 0 amide bonds. The number of hydrogen-bond donors (Lipinski definition) is 0. The van der Waals surface area contributed by atoms with Crippen molar-refractivity contribution in [3.8, 4) is 0 Å². The molecule has 0 aromatic heterocycles. The highest BCUT2D eigenvalue weighted by Crippen LogP contribution is 2.21. The van der Waals surface area contributed by atoms with Gasteiger partial charge in [0.2, 0.25) is 0 Å². The number of hydrogen-bond acceptors (Lipinski definition) is 0. The third-order valence-corrected chi connectivity index (χ3v) is 8.94. The zero-order valence-electron chi connectivity index (χ0n) is 12.0. The van der Waals surface area contributed by atoms with E-state index >= 15 is 0 Å². The maximum absolute atomic E-state index is 2.40. The van der Waals surface area contributed by atoms with Crippen LogP contribution in [0.4, 0.5) is 0 Å². The Bertz CT molecular complexity index is 332. The van der Waals surface area contributed by atoms with Gasteiger partial charge in [-0.05, 0) is 47.5 Å². The molecule has 0 aliphatic carbocycles. The van der Waals surface area contributed by atoms with Gasteiger partial charge in [-0.3, -0.25) is 0 Å². The van der Waals surface area contributed by atoms with Crippen LogP contribution in [0.15, 0.2) is 24.3 Å². The van der Waals surface area contributed by atoms with Gasteiger partial charge in [0.25, 0.3) is 0 Å². The summed E-state index contributed by atoms with van der Waals surface area (Å²) < 4.78 is 0. The summed E-state index contributed by atoms with van der Waals surface area (Å²) in [5.41, 5.74) is 3.16. The Morgan fingerprint density at radius 2 is 0.900 bits per heavy atom. The average molecular weight is 440 g/mol. The summed E-state index contributed by atoms with van der Waals surface area (Å²) in [5.74, 6) is 8.67. The van der Waals surface area contributed by atoms with Gasteiger partial charge in [0.15, 0.2) is 0 Å². The van der Waals surface area contributed by atoms with E-state index in [-0.39, 0.29) is 34.0 Å². The van der Waals surface area contributed by atoms with E-state index in [4.69, 9.17) is 0 Å². The Labute approximate surface area is 150 Å². The van der Waals surface area contributed by atoms with Crippen LogP contribution in [0.1, 0.15) is 36.8 Å². The van der Waals surface area contributed by atoms with Gasteiger partial charge >= 0.3 is 0 Å². The summed E-state index contributed by atoms with van der Waals surface area (Å²) in [6.07, 6.45) is 5.90. The Hall–Kier alpha value is 0.880. The lowest BCUT2D eigenvalue weighted by atomic mass is 10.2. The highest BCUT2D eigenvalue weighted by molar-refractivity contribution is 7.96. The van der Waals surface area contributed by atoms with Crippen LogP contribution in [-0.2, 0) is 33.3 Å². The molecule has 1 aromatic carbocycles. The molecule has 114 valence electrons. The molecule has 0 nitrogen and oxygen atoms in total. The first-order chi connectivity index (χ1) is 8.90. The molecule has 3 rings (SSSR count). The fourth-order valence-electron chi connectivity index (χ4n) is 2.92. The normalized spacial score (nSPS) is 19.6. The molecule has 1 aromatic rings. The predicted octanol–water partition coefficient (Wildman–Crippen LogP) is -2.48. The van der Waals surface area contributed by atoms with Crippen molar-refractivity contribution in [3.05, 3.63) is 35.4 Å². The minimum atomic E-state index is 0. The van der Waals surface area contributed by atoms with E-state index in [9.17, 15) is 0 Å². The molecule has 2 aliphatic rings. The minimum absolute atomic E-state index is 0. The molecule has 2 aliphatic heterocycles. The SMILES string of the molecule is [Br-].[Br-].c1cc(C[S+]2CCCC2)ccc1C[S+]1CCCC1. The third kappa shape index (κ3) is 5.58. The molecule has 0 spiro atoms. The second kappa shape index (κ2) is 9.81. The van der Waals surface area contributed by atoms with Crippen LogP contribution in [-0.4, -0.2) is 23.0 Å². The molecular formula is C16H24Br2S2. The topological polar surface area (TPSA) is 0 Å². The summed E-state index contributed by atoms with van der Waals surface area (Å²) in [6.45, 7) is 0. The highest BCUT2D eigenvalue weighted by atomic mass is 79.9. The lowest BCUT2D eigenvalue weighted by Gasteiger charge is -2.04. The smallest absolute Gasteiger partial charge is 0.133 e. The van der Waals surface area contributed by atoms with Gasteiger partial charge in [0.05, 0.1) is 0 Å². The van der Waals surface area contributed by atoms with E-state index in [0.29, 0.717) is 21.8 Å². The van der Waals surface area contributed by atoms with Gasteiger partial charge in [-0.25, -0.2) is 0 Å². The van der Waals surface area contributed by atoms with Crippen molar-refractivity contribution in [2.24, 2.45) is 0 Å². The number of benzene rings is 1. The number of halogens is 2. The average Bonchev–Trinajstić information content (AvgIpc) is 3.05. The Morgan fingerprint density at radius 3 is 1.20 bits per heavy atom. The van der Waals surface area contributed by atoms with Crippen LogP contribution in [0, 0.1) is 0 Å². The molecule has 20 heavy (non-hydrogen) atoms. The van der Waals surface area contributed by atoms with Gasteiger partial charge in [-0.1, -0.05) is 24.3 Å². The second-order valence-electron chi connectivity index (χ2n) is 5.56. The van der Waals surface area contributed by atoms with Gasteiger partial charge in [-0.2, -0.15) is 0 Å².